The Morgan fingerprint density at radius 3 is 2.69 bits per heavy atom. The monoisotopic (exact) mass is 423 g/mol. The zero-order chi connectivity index (χ0) is 20.7. The SMILES string of the molecule is CCCC1=Nc2c(ncn2[C@@H]2O[C@H](CO)C(O)C2O)C(N)N1Sc1nccn1C. The van der Waals surface area contributed by atoms with Gasteiger partial charge in [0.05, 0.1) is 12.9 Å². The molecule has 29 heavy (non-hydrogen) atoms. The second-order valence-corrected chi connectivity index (χ2v) is 7.99. The molecule has 0 spiro atoms. The molecule has 2 aliphatic rings. The van der Waals surface area contributed by atoms with Crippen LogP contribution in [0.4, 0.5) is 5.82 Å². The van der Waals surface area contributed by atoms with Gasteiger partial charge in [0.2, 0.25) is 0 Å². The number of hydrogen-bond donors (Lipinski definition) is 4. The first-order valence-electron chi connectivity index (χ1n) is 9.43. The number of ether oxygens (including phenoxy) is 1. The van der Waals surface area contributed by atoms with Crippen molar-refractivity contribution < 1.29 is 20.1 Å². The third-order valence-electron chi connectivity index (χ3n) is 5.04. The Morgan fingerprint density at radius 1 is 1.28 bits per heavy atom. The molecule has 3 unspecified atom stereocenters. The fourth-order valence-electron chi connectivity index (χ4n) is 3.46. The fraction of sp³-hybridized carbons (Fsp3) is 0.588. The van der Waals surface area contributed by atoms with E-state index in [1.165, 1.54) is 18.3 Å². The second kappa shape index (κ2) is 8.05. The zero-order valence-electron chi connectivity index (χ0n) is 16.2. The molecule has 5 atom stereocenters. The van der Waals surface area contributed by atoms with Crippen LogP contribution in [0.5, 0.6) is 0 Å². The molecule has 0 aromatic carbocycles. The van der Waals surface area contributed by atoms with Crippen LogP contribution >= 0.6 is 11.9 Å². The molecular weight excluding hydrogens is 398 g/mol. The molecule has 0 amide bonds. The summed E-state index contributed by atoms with van der Waals surface area (Å²) < 4.78 is 11.0. The molecule has 11 nitrogen and oxygen atoms in total. The third-order valence-corrected chi connectivity index (χ3v) is 6.23. The van der Waals surface area contributed by atoms with Crippen molar-refractivity contribution in [1.82, 2.24) is 23.4 Å². The summed E-state index contributed by atoms with van der Waals surface area (Å²) in [5.41, 5.74) is 7.06. The van der Waals surface area contributed by atoms with Crippen LogP contribution in [-0.4, -0.2) is 69.5 Å². The molecule has 4 rings (SSSR count). The molecule has 2 aromatic heterocycles. The smallest absolute Gasteiger partial charge is 0.188 e. The molecule has 158 valence electrons. The first kappa shape index (κ1) is 20.3. The highest BCUT2D eigenvalue weighted by atomic mass is 32.2. The van der Waals surface area contributed by atoms with Crippen LogP contribution in [0.25, 0.3) is 0 Å². The van der Waals surface area contributed by atoms with Crippen molar-refractivity contribution in [3.05, 3.63) is 24.4 Å². The van der Waals surface area contributed by atoms with E-state index in [9.17, 15) is 15.3 Å². The predicted molar refractivity (Wildman–Crippen MR) is 105 cm³/mol. The molecule has 1 fully saturated rings. The Bertz CT molecular complexity index is 900. The van der Waals surface area contributed by atoms with Crippen LogP contribution in [0.1, 0.15) is 37.9 Å². The van der Waals surface area contributed by atoms with E-state index < -0.39 is 37.3 Å². The number of hydrogen-bond acceptors (Lipinski definition) is 10. The summed E-state index contributed by atoms with van der Waals surface area (Å²) in [6.07, 6.45) is 1.84. The van der Waals surface area contributed by atoms with Gasteiger partial charge in [-0.3, -0.25) is 8.87 Å². The van der Waals surface area contributed by atoms with E-state index in [1.807, 2.05) is 22.1 Å². The minimum atomic E-state index is -1.22. The number of aliphatic hydroxyl groups excluding tert-OH is 3. The molecule has 1 saturated heterocycles. The highest BCUT2D eigenvalue weighted by Crippen LogP contribution is 2.41. The van der Waals surface area contributed by atoms with Gasteiger partial charge >= 0.3 is 0 Å². The molecular formula is C17H25N7O4S. The quantitative estimate of drug-likeness (QED) is 0.473. The van der Waals surface area contributed by atoms with Crippen molar-refractivity contribution in [3.63, 3.8) is 0 Å². The normalized spacial score (nSPS) is 29.2. The lowest BCUT2D eigenvalue weighted by Gasteiger charge is -2.33. The summed E-state index contributed by atoms with van der Waals surface area (Å²) >= 11 is 1.39. The van der Waals surface area contributed by atoms with Crippen molar-refractivity contribution in [1.29, 1.82) is 0 Å². The standard InChI is InChI=1S/C17H25N7O4S/c1-3-4-10-21-15-11(14(18)24(10)29-17-19-5-6-22(17)2)20-8-23(15)16-13(27)12(26)9(7-25)28-16/h5-6,8-9,12-14,16,25-27H,3-4,7,18H2,1-2H3/t9-,12?,13?,14?,16-/m1/s1. The number of nitrogens with zero attached hydrogens (tertiary/aromatic N) is 6. The Balaban J connectivity index is 1.69. The van der Waals surface area contributed by atoms with Crippen LogP contribution in [0, 0.1) is 0 Å². The van der Waals surface area contributed by atoms with Crippen molar-refractivity contribution in [2.75, 3.05) is 6.61 Å². The average Bonchev–Trinajstić information content (AvgIpc) is 3.38. The summed E-state index contributed by atoms with van der Waals surface area (Å²) in [6, 6.07) is 0. The second-order valence-electron chi connectivity index (χ2n) is 7.05. The number of aromatic nitrogens is 4. The average molecular weight is 423 g/mol. The van der Waals surface area contributed by atoms with E-state index in [2.05, 4.69) is 16.9 Å². The van der Waals surface area contributed by atoms with Crippen molar-refractivity contribution in [2.24, 2.45) is 17.8 Å². The maximum absolute atomic E-state index is 10.4. The summed E-state index contributed by atoms with van der Waals surface area (Å²) in [5.74, 6) is 1.24. The van der Waals surface area contributed by atoms with E-state index in [-0.39, 0.29) is 0 Å². The molecule has 5 N–H and O–H groups in total. The number of amidine groups is 1. The largest absolute Gasteiger partial charge is 0.394 e. The van der Waals surface area contributed by atoms with Gasteiger partial charge in [0.1, 0.15) is 36.0 Å². The molecule has 12 heteroatoms. The number of fused-ring (bicyclic) bond motifs is 1. The van der Waals surface area contributed by atoms with Crippen LogP contribution in [0.15, 0.2) is 28.9 Å². The lowest BCUT2D eigenvalue weighted by Crippen LogP contribution is -2.37. The van der Waals surface area contributed by atoms with Gasteiger partial charge in [0, 0.05) is 37.8 Å². The Morgan fingerprint density at radius 2 is 2.07 bits per heavy atom. The number of rotatable bonds is 6. The van der Waals surface area contributed by atoms with Gasteiger partial charge in [-0.1, -0.05) is 6.92 Å². The molecule has 4 heterocycles. The highest BCUT2D eigenvalue weighted by Gasteiger charge is 2.45. The van der Waals surface area contributed by atoms with Gasteiger partial charge in [-0.2, -0.15) is 0 Å². The van der Waals surface area contributed by atoms with Crippen LogP contribution in [0.3, 0.4) is 0 Å². The Labute approximate surface area is 172 Å². The van der Waals surface area contributed by atoms with Crippen molar-refractivity contribution in [3.8, 4) is 0 Å². The molecule has 2 aliphatic heterocycles. The van der Waals surface area contributed by atoms with Gasteiger partial charge in [0.15, 0.2) is 17.2 Å². The Kier molecular flexibility index (Phi) is 5.64. The van der Waals surface area contributed by atoms with E-state index in [4.69, 9.17) is 15.5 Å². The molecule has 0 saturated carbocycles. The van der Waals surface area contributed by atoms with Gasteiger partial charge in [-0.25, -0.2) is 15.0 Å². The zero-order valence-corrected chi connectivity index (χ0v) is 17.0. The Hall–Kier alpha value is -1.96. The van der Waals surface area contributed by atoms with Crippen LogP contribution in [0.2, 0.25) is 0 Å². The fourth-order valence-corrected chi connectivity index (χ4v) is 4.38. The molecule has 0 bridgehead atoms. The molecule has 0 radical (unpaired) electrons. The lowest BCUT2D eigenvalue weighted by atomic mass is 10.1. The summed E-state index contributed by atoms with van der Waals surface area (Å²) in [6.45, 7) is 1.65. The lowest BCUT2D eigenvalue weighted by molar-refractivity contribution is -0.0520. The number of aliphatic imine (C=N–C) groups is 1. The predicted octanol–water partition coefficient (Wildman–Crippen LogP) is 0.0384. The number of imidazole rings is 2. The van der Waals surface area contributed by atoms with E-state index in [1.54, 1.807) is 10.8 Å². The van der Waals surface area contributed by atoms with Crippen molar-refractivity contribution in [2.45, 2.75) is 55.6 Å². The minimum Gasteiger partial charge on any atom is -0.394 e. The summed E-state index contributed by atoms with van der Waals surface area (Å²) in [4.78, 5) is 13.5. The maximum Gasteiger partial charge on any atom is 0.188 e. The van der Waals surface area contributed by atoms with Gasteiger partial charge in [-0.05, 0) is 6.42 Å². The summed E-state index contributed by atoms with van der Waals surface area (Å²) in [5, 5.41) is 30.6. The first-order valence-corrected chi connectivity index (χ1v) is 10.2. The van der Waals surface area contributed by atoms with Crippen LogP contribution in [-0.2, 0) is 11.8 Å². The number of nitrogens with two attached hydrogens (primary N) is 1. The molecule has 0 aliphatic carbocycles. The van der Waals surface area contributed by atoms with E-state index in [0.717, 1.165) is 17.4 Å². The highest BCUT2D eigenvalue weighted by molar-refractivity contribution is 7.97. The number of aliphatic hydroxyl groups is 3. The maximum atomic E-state index is 10.4. The van der Waals surface area contributed by atoms with Crippen LogP contribution < -0.4 is 5.73 Å². The van der Waals surface area contributed by atoms with E-state index in [0.29, 0.717) is 17.9 Å². The topological polar surface area (TPSA) is 147 Å². The minimum absolute atomic E-state index is 0.399. The summed E-state index contributed by atoms with van der Waals surface area (Å²) in [7, 11) is 1.91. The van der Waals surface area contributed by atoms with Gasteiger partial charge in [-0.15, -0.1) is 0 Å². The first-order chi connectivity index (χ1) is 14.0. The van der Waals surface area contributed by atoms with Crippen molar-refractivity contribution >= 4 is 23.6 Å². The molecule has 2 aromatic rings. The van der Waals surface area contributed by atoms with Gasteiger partial charge < -0.3 is 30.4 Å². The van der Waals surface area contributed by atoms with E-state index >= 15 is 0 Å². The van der Waals surface area contributed by atoms with Gasteiger partial charge in [0.25, 0.3) is 0 Å². The third kappa shape index (κ3) is 3.45. The number of aryl methyl sites for hydroxylation is 1.